The van der Waals surface area contributed by atoms with E-state index in [1.807, 2.05) is 25.6 Å². The fraction of sp³-hybridized carbons (Fsp3) is 0.727. The highest BCUT2D eigenvalue weighted by molar-refractivity contribution is 7.99. The zero-order valence-corrected chi connectivity index (χ0v) is 9.78. The van der Waals surface area contributed by atoms with Crippen LogP contribution in [0, 0.1) is 24.2 Å². The maximum absolute atomic E-state index is 11.8. The van der Waals surface area contributed by atoms with Gasteiger partial charge in [0.25, 0.3) is 0 Å². The van der Waals surface area contributed by atoms with E-state index in [2.05, 4.69) is 18.2 Å². The summed E-state index contributed by atoms with van der Waals surface area (Å²) in [5.74, 6) is 5.27. The van der Waals surface area contributed by atoms with Gasteiger partial charge in [-0.15, -0.1) is 6.42 Å². The second-order valence-electron chi connectivity index (χ2n) is 4.38. The van der Waals surface area contributed by atoms with E-state index in [1.165, 1.54) is 0 Å². The molecule has 1 fully saturated rings. The predicted octanol–water partition coefficient (Wildman–Crippen LogP) is 1.51. The fourth-order valence-electron chi connectivity index (χ4n) is 1.43. The van der Waals surface area contributed by atoms with Crippen LogP contribution in [0.2, 0.25) is 0 Å². The summed E-state index contributed by atoms with van der Waals surface area (Å²) in [6.45, 7) is 5.81. The van der Waals surface area contributed by atoms with Crippen LogP contribution in [0.3, 0.4) is 0 Å². The maximum atomic E-state index is 11.8. The molecule has 1 saturated heterocycles. The van der Waals surface area contributed by atoms with Crippen LogP contribution in [0.15, 0.2) is 0 Å². The normalized spacial score (nSPS) is 27.0. The highest BCUT2D eigenvalue weighted by atomic mass is 32.2. The molecule has 0 spiro atoms. The van der Waals surface area contributed by atoms with E-state index in [0.717, 1.165) is 11.5 Å². The number of carbonyl (C=O) groups is 1. The minimum atomic E-state index is -0.524. The van der Waals surface area contributed by atoms with Gasteiger partial charge in [-0.2, -0.15) is 11.8 Å². The SMILES string of the molecule is C#CC(C)(C)NC(=O)C1CSCC1C. The molecule has 1 N–H and O–H groups in total. The summed E-state index contributed by atoms with van der Waals surface area (Å²) >= 11 is 1.84. The smallest absolute Gasteiger partial charge is 0.225 e. The van der Waals surface area contributed by atoms with Gasteiger partial charge < -0.3 is 5.32 Å². The van der Waals surface area contributed by atoms with Crippen LogP contribution in [0.1, 0.15) is 20.8 Å². The van der Waals surface area contributed by atoms with E-state index in [1.54, 1.807) is 0 Å². The molecule has 14 heavy (non-hydrogen) atoms. The number of carbonyl (C=O) groups excluding carboxylic acids is 1. The predicted molar refractivity (Wildman–Crippen MR) is 61.0 cm³/mol. The first-order valence-corrected chi connectivity index (χ1v) is 5.99. The Morgan fingerprint density at radius 2 is 2.21 bits per heavy atom. The number of nitrogens with one attached hydrogen (secondary N) is 1. The molecule has 2 unspecified atom stereocenters. The Kier molecular flexibility index (Phi) is 3.49. The van der Waals surface area contributed by atoms with Crippen molar-refractivity contribution in [2.45, 2.75) is 26.3 Å². The van der Waals surface area contributed by atoms with Crippen LogP contribution >= 0.6 is 11.8 Å². The van der Waals surface area contributed by atoms with Gasteiger partial charge in [0.2, 0.25) is 5.91 Å². The lowest BCUT2D eigenvalue weighted by Crippen LogP contribution is -2.46. The van der Waals surface area contributed by atoms with E-state index in [0.29, 0.717) is 5.92 Å². The Morgan fingerprint density at radius 1 is 1.57 bits per heavy atom. The molecule has 0 aromatic rings. The van der Waals surface area contributed by atoms with E-state index in [4.69, 9.17) is 6.42 Å². The third-order valence-electron chi connectivity index (χ3n) is 2.50. The standard InChI is InChI=1S/C11H17NOS/c1-5-11(3,4)12-10(13)9-7-14-6-8(9)2/h1,8-9H,6-7H2,2-4H3,(H,12,13). The van der Waals surface area contributed by atoms with Gasteiger partial charge in [0, 0.05) is 5.75 Å². The van der Waals surface area contributed by atoms with Crippen molar-refractivity contribution in [3.05, 3.63) is 0 Å². The molecule has 2 atom stereocenters. The van der Waals surface area contributed by atoms with E-state index in [9.17, 15) is 4.79 Å². The first-order valence-electron chi connectivity index (χ1n) is 4.84. The lowest BCUT2D eigenvalue weighted by atomic mass is 9.95. The van der Waals surface area contributed by atoms with Crippen molar-refractivity contribution in [2.24, 2.45) is 11.8 Å². The highest BCUT2D eigenvalue weighted by Crippen LogP contribution is 2.29. The maximum Gasteiger partial charge on any atom is 0.225 e. The van der Waals surface area contributed by atoms with Gasteiger partial charge in [-0.1, -0.05) is 12.8 Å². The number of hydrogen-bond acceptors (Lipinski definition) is 2. The summed E-state index contributed by atoms with van der Waals surface area (Å²) in [5, 5.41) is 2.89. The molecule has 0 aromatic heterocycles. The summed E-state index contributed by atoms with van der Waals surface area (Å²) in [4.78, 5) is 11.8. The largest absolute Gasteiger partial charge is 0.340 e. The van der Waals surface area contributed by atoms with Gasteiger partial charge in [0.1, 0.15) is 0 Å². The minimum absolute atomic E-state index is 0.102. The molecule has 0 saturated carbocycles. The molecular weight excluding hydrogens is 194 g/mol. The molecule has 0 aliphatic carbocycles. The lowest BCUT2D eigenvalue weighted by molar-refractivity contribution is -0.126. The van der Waals surface area contributed by atoms with Gasteiger partial charge in [0.05, 0.1) is 11.5 Å². The van der Waals surface area contributed by atoms with Crippen LogP contribution in [0.25, 0.3) is 0 Å². The second-order valence-corrected chi connectivity index (χ2v) is 5.45. The summed E-state index contributed by atoms with van der Waals surface area (Å²) < 4.78 is 0. The van der Waals surface area contributed by atoms with Crippen molar-refractivity contribution < 1.29 is 4.79 Å². The van der Waals surface area contributed by atoms with E-state index < -0.39 is 5.54 Å². The van der Waals surface area contributed by atoms with Crippen LogP contribution in [-0.4, -0.2) is 23.0 Å². The topological polar surface area (TPSA) is 29.1 Å². The monoisotopic (exact) mass is 211 g/mol. The van der Waals surface area contributed by atoms with Gasteiger partial charge in [-0.3, -0.25) is 4.79 Å². The van der Waals surface area contributed by atoms with Crippen LogP contribution < -0.4 is 5.32 Å². The molecule has 0 bridgehead atoms. The molecule has 78 valence electrons. The van der Waals surface area contributed by atoms with Crippen molar-refractivity contribution in [3.63, 3.8) is 0 Å². The van der Waals surface area contributed by atoms with Gasteiger partial charge in [0.15, 0.2) is 0 Å². The second kappa shape index (κ2) is 4.27. The summed E-state index contributed by atoms with van der Waals surface area (Å²) in [6.07, 6.45) is 5.32. The Balaban J connectivity index is 2.55. The van der Waals surface area contributed by atoms with E-state index >= 15 is 0 Å². The van der Waals surface area contributed by atoms with Crippen LogP contribution in [0.5, 0.6) is 0 Å². The minimum Gasteiger partial charge on any atom is -0.340 e. The molecule has 1 aliphatic heterocycles. The Labute approximate surface area is 90.2 Å². The number of hydrogen-bond donors (Lipinski definition) is 1. The van der Waals surface area contributed by atoms with Crippen molar-refractivity contribution in [1.82, 2.24) is 5.32 Å². The molecular formula is C11H17NOS. The lowest BCUT2D eigenvalue weighted by Gasteiger charge is -2.23. The molecule has 0 aromatic carbocycles. The fourth-order valence-corrected chi connectivity index (χ4v) is 2.91. The molecule has 1 rings (SSSR count). The zero-order valence-electron chi connectivity index (χ0n) is 8.96. The summed E-state index contributed by atoms with van der Waals surface area (Å²) in [7, 11) is 0. The van der Waals surface area contributed by atoms with Crippen molar-refractivity contribution in [3.8, 4) is 12.3 Å². The quantitative estimate of drug-likeness (QED) is 0.702. The highest BCUT2D eigenvalue weighted by Gasteiger charge is 2.32. The number of amides is 1. The Morgan fingerprint density at radius 3 is 2.64 bits per heavy atom. The summed E-state index contributed by atoms with van der Waals surface area (Å²) in [5.41, 5.74) is -0.524. The van der Waals surface area contributed by atoms with Crippen molar-refractivity contribution in [2.75, 3.05) is 11.5 Å². The molecule has 3 heteroatoms. The molecule has 1 aliphatic rings. The number of rotatable bonds is 2. The van der Waals surface area contributed by atoms with Gasteiger partial charge in [-0.05, 0) is 25.5 Å². The zero-order chi connectivity index (χ0) is 10.8. The van der Waals surface area contributed by atoms with Crippen molar-refractivity contribution in [1.29, 1.82) is 0 Å². The first-order chi connectivity index (χ1) is 6.46. The van der Waals surface area contributed by atoms with Gasteiger partial charge in [-0.25, -0.2) is 0 Å². The number of terminal acetylenes is 1. The van der Waals surface area contributed by atoms with Crippen LogP contribution in [0.4, 0.5) is 0 Å². The Bertz CT molecular complexity index is 267. The van der Waals surface area contributed by atoms with E-state index in [-0.39, 0.29) is 11.8 Å². The van der Waals surface area contributed by atoms with Crippen LogP contribution in [-0.2, 0) is 4.79 Å². The molecule has 1 heterocycles. The average molecular weight is 211 g/mol. The first kappa shape index (κ1) is 11.5. The molecule has 1 amide bonds. The third-order valence-corrected chi connectivity index (χ3v) is 3.85. The van der Waals surface area contributed by atoms with Gasteiger partial charge >= 0.3 is 0 Å². The average Bonchev–Trinajstić information content (AvgIpc) is 2.51. The van der Waals surface area contributed by atoms with Crippen molar-refractivity contribution >= 4 is 17.7 Å². The summed E-state index contributed by atoms with van der Waals surface area (Å²) in [6, 6.07) is 0. The molecule has 0 radical (unpaired) electrons. The third kappa shape index (κ3) is 2.68. The number of thioether (sulfide) groups is 1. The molecule has 2 nitrogen and oxygen atoms in total. The Hall–Kier alpha value is -0.620.